The fraction of sp³-hybridized carbons (Fsp3) is 0.467. The van der Waals surface area contributed by atoms with Crippen molar-refractivity contribution >= 4 is 21.8 Å². The van der Waals surface area contributed by atoms with Crippen LogP contribution >= 0.6 is 0 Å². The van der Waals surface area contributed by atoms with Gasteiger partial charge in [-0.05, 0) is 37.1 Å². The molecule has 0 aromatic heterocycles. The van der Waals surface area contributed by atoms with Crippen molar-refractivity contribution in [1.29, 1.82) is 0 Å². The van der Waals surface area contributed by atoms with E-state index in [4.69, 9.17) is 5.73 Å². The van der Waals surface area contributed by atoms with E-state index in [1.807, 2.05) is 0 Å². The second kappa shape index (κ2) is 6.14. The van der Waals surface area contributed by atoms with Gasteiger partial charge in [0.1, 0.15) is 12.2 Å². The maximum absolute atomic E-state index is 13.5. The van der Waals surface area contributed by atoms with Gasteiger partial charge < -0.3 is 10.6 Å². The fourth-order valence-electron chi connectivity index (χ4n) is 2.71. The van der Waals surface area contributed by atoms with Gasteiger partial charge in [0.05, 0.1) is 11.4 Å². The smallest absolute Gasteiger partial charge is 0.254 e. The maximum Gasteiger partial charge on any atom is 0.254 e. The Balaban J connectivity index is 1.77. The van der Waals surface area contributed by atoms with Crippen molar-refractivity contribution in [2.75, 3.05) is 6.54 Å². The minimum absolute atomic E-state index is 0.0151. The number of carbonyl (C=O) groups is 2. The second-order valence-corrected chi connectivity index (χ2v) is 7.84. The number of likely N-dealkylation sites (tertiary alicyclic amines) is 1. The molecule has 0 bridgehead atoms. The van der Waals surface area contributed by atoms with Crippen LogP contribution in [0.4, 0.5) is 4.39 Å². The van der Waals surface area contributed by atoms with Crippen LogP contribution in [0.3, 0.4) is 0 Å². The number of sulfonamides is 1. The number of benzene rings is 1. The number of carbonyl (C=O) groups excluding carboxylic acids is 2. The fourth-order valence-corrected chi connectivity index (χ4v) is 4.02. The van der Waals surface area contributed by atoms with Gasteiger partial charge in [0.2, 0.25) is 15.9 Å². The summed E-state index contributed by atoms with van der Waals surface area (Å²) in [4.78, 5) is 25.0. The van der Waals surface area contributed by atoms with Crippen molar-refractivity contribution in [3.63, 3.8) is 0 Å². The van der Waals surface area contributed by atoms with Crippen molar-refractivity contribution in [3.8, 4) is 0 Å². The highest BCUT2D eigenvalue weighted by Gasteiger charge is 2.39. The summed E-state index contributed by atoms with van der Waals surface area (Å²) in [7, 11) is -3.60. The zero-order valence-corrected chi connectivity index (χ0v) is 13.6. The molecule has 0 radical (unpaired) electrons. The number of nitrogens with zero attached hydrogens (tertiary/aromatic N) is 1. The van der Waals surface area contributed by atoms with Crippen LogP contribution in [-0.2, 0) is 14.8 Å². The highest BCUT2D eigenvalue weighted by molar-refractivity contribution is 7.89. The van der Waals surface area contributed by atoms with Crippen LogP contribution in [0.2, 0.25) is 0 Å². The zero-order chi connectivity index (χ0) is 17.5. The minimum atomic E-state index is -3.60. The van der Waals surface area contributed by atoms with Crippen LogP contribution in [0.5, 0.6) is 0 Å². The molecule has 3 N–H and O–H groups in total. The molecule has 2 aliphatic rings. The van der Waals surface area contributed by atoms with Crippen molar-refractivity contribution in [2.24, 2.45) is 5.73 Å². The number of hydrogen-bond acceptors (Lipinski definition) is 4. The Labute approximate surface area is 139 Å². The molecular formula is C15H18FN3O4S. The van der Waals surface area contributed by atoms with E-state index in [0.717, 1.165) is 17.7 Å². The van der Waals surface area contributed by atoms with Gasteiger partial charge in [-0.1, -0.05) is 0 Å². The van der Waals surface area contributed by atoms with Crippen molar-refractivity contribution in [3.05, 3.63) is 29.8 Å². The molecule has 9 heteroatoms. The number of rotatable bonds is 5. The third kappa shape index (κ3) is 3.41. The van der Waals surface area contributed by atoms with E-state index in [9.17, 15) is 22.4 Å². The van der Waals surface area contributed by atoms with Gasteiger partial charge in [-0.25, -0.2) is 17.5 Å². The molecule has 1 aromatic carbocycles. The van der Waals surface area contributed by atoms with Crippen LogP contribution in [0, 0.1) is 0 Å². The van der Waals surface area contributed by atoms with Crippen molar-refractivity contribution in [1.82, 2.24) is 9.62 Å². The van der Waals surface area contributed by atoms with E-state index in [2.05, 4.69) is 4.72 Å². The molecule has 1 aliphatic carbocycles. The molecule has 3 rings (SSSR count). The minimum Gasteiger partial charge on any atom is -0.368 e. The van der Waals surface area contributed by atoms with Gasteiger partial charge in [0, 0.05) is 18.0 Å². The standard InChI is InChI=1S/C15H18FN3O4S/c16-10-7-13(14(17)20)19(8-10)15(21)9-1-5-12(6-2-9)24(22,23)18-11-3-4-11/h1-2,5-6,10-11,13,18H,3-4,7-8H2,(H2,17,20)/t10-,13+/m1/s1. The van der Waals surface area contributed by atoms with E-state index in [0.29, 0.717) is 0 Å². The molecule has 2 atom stereocenters. The molecule has 1 saturated heterocycles. The predicted octanol–water partition coefficient (Wildman–Crippen LogP) is 0.165. The normalized spacial score (nSPS) is 24.1. The Morgan fingerprint density at radius 1 is 1.21 bits per heavy atom. The molecule has 1 saturated carbocycles. The molecule has 1 heterocycles. The summed E-state index contributed by atoms with van der Waals surface area (Å²) in [6.07, 6.45) is 0.237. The highest BCUT2D eigenvalue weighted by Crippen LogP contribution is 2.24. The number of alkyl halides is 1. The van der Waals surface area contributed by atoms with Crippen molar-refractivity contribution < 1.29 is 22.4 Å². The Bertz CT molecular complexity index is 761. The van der Waals surface area contributed by atoms with Gasteiger partial charge in [-0.15, -0.1) is 0 Å². The first kappa shape index (κ1) is 16.8. The number of nitrogens with one attached hydrogen (secondary N) is 1. The van der Waals surface area contributed by atoms with Gasteiger partial charge in [-0.2, -0.15) is 0 Å². The lowest BCUT2D eigenvalue weighted by atomic mass is 10.1. The summed E-state index contributed by atoms with van der Waals surface area (Å²) in [5.41, 5.74) is 5.39. The number of amides is 2. The first-order valence-electron chi connectivity index (χ1n) is 7.64. The van der Waals surface area contributed by atoms with E-state index >= 15 is 0 Å². The summed E-state index contributed by atoms with van der Waals surface area (Å²) < 4.78 is 40.2. The van der Waals surface area contributed by atoms with E-state index in [1.165, 1.54) is 24.3 Å². The summed E-state index contributed by atoms with van der Waals surface area (Å²) in [5.74, 6) is -1.30. The number of nitrogens with two attached hydrogens (primary N) is 1. The zero-order valence-electron chi connectivity index (χ0n) is 12.8. The topological polar surface area (TPSA) is 110 Å². The number of primary amides is 1. The van der Waals surface area contributed by atoms with Gasteiger partial charge >= 0.3 is 0 Å². The van der Waals surface area contributed by atoms with Gasteiger partial charge in [0.15, 0.2) is 0 Å². The molecule has 130 valence electrons. The summed E-state index contributed by atoms with van der Waals surface area (Å²) >= 11 is 0. The monoisotopic (exact) mass is 355 g/mol. The average molecular weight is 355 g/mol. The third-order valence-electron chi connectivity index (χ3n) is 4.15. The molecular weight excluding hydrogens is 337 g/mol. The number of halogens is 1. The molecule has 0 spiro atoms. The summed E-state index contributed by atoms with van der Waals surface area (Å²) in [6, 6.07) is 4.35. The number of hydrogen-bond donors (Lipinski definition) is 2. The molecule has 0 unspecified atom stereocenters. The van der Waals surface area contributed by atoms with E-state index in [1.54, 1.807) is 0 Å². The Hall–Kier alpha value is -2.00. The average Bonchev–Trinajstić information content (AvgIpc) is 3.24. The van der Waals surface area contributed by atoms with Crippen LogP contribution < -0.4 is 10.5 Å². The molecule has 7 nitrogen and oxygen atoms in total. The molecule has 2 amide bonds. The lowest BCUT2D eigenvalue weighted by Crippen LogP contribution is -2.43. The van der Waals surface area contributed by atoms with Crippen LogP contribution in [0.15, 0.2) is 29.2 Å². The Morgan fingerprint density at radius 3 is 2.38 bits per heavy atom. The Morgan fingerprint density at radius 2 is 1.83 bits per heavy atom. The first-order valence-corrected chi connectivity index (χ1v) is 9.13. The highest BCUT2D eigenvalue weighted by atomic mass is 32.2. The lowest BCUT2D eigenvalue weighted by molar-refractivity contribution is -0.121. The lowest BCUT2D eigenvalue weighted by Gasteiger charge is -2.21. The first-order chi connectivity index (χ1) is 11.3. The van der Waals surface area contributed by atoms with E-state index in [-0.39, 0.29) is 29.5 Å². The second-order valence-electron chi connectivity index (χ2n) is 6.13. The Kier molecular flexibility index (Phi) is 4.31. The summed E-state index contributed by atoms with van der Waals surface area (Å²) in [6.45, 7) is -0.199. The molecule has 24 heavy (non-hydrogen) atoms. The predicted molar refractivity (Wildman–Crippen MR) is 83.3 cm³/mol. The van der Waals surface area contributed by atoms with Gasteiger partial charge in [0.25, 0.3) is 5.91 Å². The van der Waals surface area contributed by atoms with Crippen LogP contribution in [-0.4, -0.2) is 49.9 Å². The molecule has 1 aromatic rings. The molecule has 1 aliphatic heterocycles. The van der Waals surface area contributed by atoms with Gasteiger partial charge in [-0.3, -0.25) is 9.59 Å². The van der Waals surface area contributed by atoms with Crippen LogP contribution in [0.1, 0.15) is 29.6 Å². The van der Waals surface area contributed by atoms with Crippen molar-refractivity contribution in [2.45, 2.75) is 42.4 Å². The summed E-state index contributed by atoms with van der Waals surface area (Å²) in [5, 5.41) is 0. The largest absolute Gasteiger partial charge is 0.368 e. The molecule has 2 fully saturated rings. The quantitative estimate of drug-likeness (QED) is 0.784. The van der Waals surface area contributed by atoms with Crippen LogP contribution in [0.25, 0.3) is 0 Å². The SMILES string of the molecule is NC(=O)[C@@H]1C[C@@H](F)CN1C(=O)c1ccc(S(=O)(=O)NC2CC2)cc1. The van der Waals surface area contributed by atoms with E-state index < -0.39 is 34.1 Å². The third-order valence-corrected chi connectivity index (χ3v) is 5.69. The maximum atomic E-state index is 13.5.